The topological polar surface area (TPSA) is 78.9 Å². The third kappa shape index (κ3) is 61.0. The Labute approximate surface area is 471 Å². The summed E-state index contributed by atoms with van der Waals surface area (Å²) < 4.78 is 16.7. The first kappa shape index (κ1) is 71.2. The second-order valence-electron chi connectivity index (χ2n) is 18.8. The lowest BCUT2D eigenvalue weighted by molar-refractivity contribution is -0.166. The van der Waals surface area contributed by atoms with Gasteiger partial charge in [-0.1, -0.05) is 241 Å². The average molecular weight is 1060 g/mol. The summed E-state index contributed by atoms with van der Waals surface area (Å²) >= 11 is 0. The molecule has 426 valence electrons. The highest BCUT2D eigenvalue weighted by molar-refractivity contribution is 5.71. The molecule has 0 fully saturated rings. The number of carbonyl (C=O) groups excluding carboxylic acids is 3. The fourth-order valence-corrected chi connectivity index (χ4v) is 7.23. The first-order chi connectivity index (χ1) is 38.0. The molecule has 1 atom stereocenters. The van der Waals surface area contributed by atoms with E-state index in [1.807, 2.05) is 12.2 Å². The van der Waals surface area contributed by atoms with Crippen LogP contribution in [0.4, 0.5) is 0 Å². The molecule has 0 rings (SSSR count). The molecule has 0 aliphatic rings. The maximum Gasteiger partial charge on any atom is 0.306 e. The summed E-state index contributed by atoms with van der Waals surface area (Å²) in [6.07, 6.45) is 95.9. The molecular weight excluding hydrogens is 949 g/mol. The number of ether oxygens (including phenoxy) is 3. The zero-order valence-corrected chi connectivity index (χ0v) is 48.6. The Bertz CT molecular complexity index is 1880. The molecule has 0 aromatic rings. The molecule has 0 saturated heterocycles. The summed E-state index contributed by atoms with van der Waals surface area (Å²) in [4.78, 5) is 38.2. The van der Waals surface area contributed by atoms with Gasteiger partial charge in [-0.2, -0.15) is 0 Å². The summed E-state index contributed by atoms with van der Waals surface area (Å²) in [5, 5.41) is 0. The van der Waals surface area contributed by atoms with Gasteiger partial charge in [0.15, 0.2) is 6.10 Å². The van der Waals surface area contributed by atoms with Gasteiger partial charge in [-0.3, -0.25) is 14.4 Å². The van der Waals surface area contributed by atoms with Crippen LogP contribution in [0.5, 0.6) is 0 Å². The number of rotatable bonds is 51. The number of hydrogen-bond donors (Lipinski definition) is 0. The summed E-state index contributed by atoms with van der Waals surface area (Å²) in [7, 11) is 0. The van der Waals surface area contributed by atoms with E-state index in [2.05, 4.69) is 203 Å². The van der Waals surface area contributed by atoms with E-state index in [1.165, 1.54) is 12.8 Å². The van der Waals surface area contributed by atoms with Gasteiger partial charge in [-0.25, -0.2) is 0 Å². The molecule has 1 unspecified atom stereocenters. The normalized spacial score (nSPS) is 13.5. The predicted octanol–water partition coefficient (Wildman–Crippen LogP) is 20.6. The smallest absolute Gasteiger partial charge is 0.306 e. The molecule has 0 N–H and O–H groups in total. The number of hydrogen-bond acceptors (Lipinski definition) is 6. The fourth-order valence-electron chi connectivity index (χ4n) is 7.23. The summed E-state index contributed by atoms with van der Waals surface area (Å²) in [5.41, 5.74) is 0. The average Bonchev–Trinajstić information content (AvgIpc) is 3.43. The molecule has 0 heterocycles. The lowest BCUT2D eigenvalue weighted by Gasteiger charge is -2.18. The molecule has 0 aromatic heterocycles. The van der Waals surface area contributed by atoms with Crippen LogP contribution in [-0.4, -0.2) is 37.2 Å². The van der Waals surface area contributed by atoms with Crippen LogP contribution in [0.3, 0.4) is 0 Å². The van der Waals surface area contributed by atoms with E-state index in [9.17, 15) is 14.4 Å². The highest BCUT2D eigenvalue weighted by Gasteiger charge is 2.19. The van der Waals surface area contributed by atoms with E-state index in [1.54, 1.807) is 0 Å². The second-order valence-corrected chi connectivity index (χ2v) is 18.8. The van der Waals surface area contributed by atoms with Crippen LogP contribution < -0.4 is 0 Å². The van der Waals surface area contributed by atoms with Crippen molar-refractivity contribution in [3.05, 3.63) is 194 Å². The van der Waals surface area contributed by atoms with Gasteiger partial charge in [-0.05, 0) is 148 Å². The largest absolute Gasteiger partial charge is 0.462 e. The van der Waals surface area contributed by atoms with E-state index in [0.717, 1.165) is 148 Å². The van der Waals surface area contributed by atoms with E-state index in [4.69, 9.17) is 14.2 Å². The van der Waals surface area contributed by atoms with E-state index in [0.29, 0.717) is 12.8 Å². The third-order valence-corrected chi connectivity index (χ3v) is 11.6. The van der Waals surface area contributed by atoms with Crippen LogP contribution in [0.1, 0.15) is 213 Å². The van der Waals surface area contributed by atoms with Gasteiger partial charge in [-0.15, -0.1) is 0 Å². The molecule has 6 heteroatoms. The zero-order valence-electron chi connectivity index (χ0n) is 48.6. The van der Waals surface area contributed by atoms with Crippen molar-refractivity contribution in [3.8, 4) is 0 Å². The SMILES string of the molecule is CC/C=C\C/C=C\C/C=C\C/C=C\C/C=C\C/C=C\C/C=C\C/C=C\CCCCC(=O)OCC(COC(=O)CC/C=C\C/C=C\C/C=C\C/C=C\CC)OC(=O)CCCCCCCC/C=C\C/C=C\C/C=C\C/C=C\CC. The number of esters is 3. The van der Waals surface area contributed by atoms with Crippen molar-refractivity contribution in [1.29, 1.82) is 0 Å². The van der Waals surface area contributed by atoms with Gasteiger partial charge in [0.25, 0.3) is 0 Å². The molecule has 6 nitrogen and oxygen atoms in total. The van der Waals surface area contributed by atoms with E-state index < -0.39 is 6.10 Å². The van der Waals surface area contributed by atoms with Crippen molar-refractivity contribution in [3.63, 3.8) is 0 Å². The first-order valence-electron chi connectivity index (χ1n) is 29.9. The van der Waals surface area contributed by atoms with Crippen molar-refractivity contribution in [2.75, 3.05) is 13.2 Å². The molecule has 0 aromatic carbocycles. The van der Waals surface area contributed by atoms with E-state index in [-0.39, 0.29) is 50.4 Å². The summed E-state index contributed by atoms with van der Waals surface area (Å²) in [6, 6.07) is 0. The monoisotopic (exact) mass is 1050 g/mol. The maximum atomic E-state index is 12.9. The van der Waals surface area contributed by atoms with Crippen LogP contribution >= 0.6 is 0 Å². The second kappa shape index (κ2) is 62.8. The molecule has 0 aliphatic carbocycles. The standard InChI is InChI=1S/C71H106O6/c1-4-7-10-13-16-19-22-25-27-29-31-32-33-34-35-36-37-38-40-41-43-46-49-52-55-58-61-64-70(73)76-67-68(66-75-69(72)63-60-57-54-51-48-45-24-21-18-15-12-9-6-3)77-71(74)65-62-59-56-53-50-47-44-42-39-30-28-26-23-20-17-14-11-8-5-2/h7-12,16-21,25-28,31-32,34-35,37-39,41-43,45,48-49,52,54,57,68H,4-6,13-15,22-24,29-30,33,36,40,44,46-47,50-51,53,55-56,58-67H2,1-3H3/b10-7-,11-8-,12-9-,19-16-,20-17-,21-18-,27-25-,28-26-,32-31-,35-34-,38-37-,42-39-,43-41-,48-45-,52-49-,57-54-. The minimum absolute atomic E-state index is 0.140. The molecule has 77 heavy (non-hydrogen) atoms. The van der Waals surface area contributed by atoms with Gasteiger partial charge in [0.05, 0.1) is 0 Å². The molecular formula is C71H106O6. The minimum atomic E-state index is -0.846. The van der Waals surface area contributed by atoms with Crippen LogP contribution in [-0.2, 0) is 28.6 Å². The quantitative estimate of drug-likeness (QED) is 0.0261. The number of allylic oxidation sites excluding steroid dienone is 32. The molecule has 0 amide bonds. The Hall–Kier alpha value is -5.75. The van der Waals surface area contributed by atoms with Gasteiger partial charge in [0.1, 0.15) is 13.2 Å². The lowest BCUT2D eigenvalue weighted by Crippen LogP contribution is -2.30. The lowest BCUT2D eigenvalue weighted by atomic mass is 10.1. The van der Waals surface area contributed by atoms with Crippen LogP contribution in [0.25, 0.3) is 0 Å². The Morgan fingerprint density at radius 1 is 0.260 bits per heavy atom. The van der Waals surface area contributed by atoms with Gasteiger partial charge in [0, 0.05) is 19.3 Å². The van der Waals surface area contributed by atoms with Gasteiger partial charge in [0.2, 0.25) is 0 Å². The molecule has 0 radical (unpaired) electrons. The summed E-state index contributed by atoms with van der Waals surface area (Å²) in [6.45, 7) is 6.16. The van der Waals surface area contributed by atoms with Crippen molar-refractivity contribution < 1.29 is 28.6 Å². The predicted molar refractivity (Wildman–Crippen MR) is 334 cm³/mol. The van der Waals surface area contributed by atoms with Crippen molar-refractivity contribution in [2.45, 2.75) is 219 Å². The maximum absolute atomic E-state index is 12.9. The van der Waals surface area contributed by atoms with Crippen molar-refractivity contribution in [2.24, 2.45) is 0 Å². The molecule has 0 aliphatic heterocycles. The summed E-state index contributed by atoms with van der Waals surface area (Å²) in [5.74, 6) is -1.09. The fraction of sp³-hybridized carbons (Fsp3) is 0.507. The van der Waals surface area contributed by atoms with Crippen LogP contribution in [0, 0.1) is 0 Å². The zero-order chi connectivity index (χ0) is 55.7. The van der Waals surface area contributed by atoms with Crippen LogP contribution in [0.2, 0.25) is 0 Å². The molecule has 0 spiro atoms. The Balaban J connectivity index is 4.55. The highest BCUT2D eigenvalue weighted by Crippen LogP contribution is 2.12. The highest BCUT2D eigenvalue weighted by atomic mass is 16.6. The van der Waals surface area contributed by atoms with Crippen LogP contribution in [0.15, 0.2) is 194 Å². The first-order valence-corrected chi connectivity index (χ1v) is 29.9. The van der Waals surface area contributed by atoms with E-state index >= 15 is 0 Å². The Morgan fingerprint density at radius 3 is 0.831 bits per heavy atom. The van der Waals surface area contributed by atoms with Crippen molar-refractivity contribution >= 4 is 17.9 Å². The van der Waals surface area contributed by atoms with Gasteiger partial charge < -0.3 is 14.2 Å². The number of unbranched alkanes of at least 4 members (excludes halogenated alkanes) is 8. The number of carbonyl (C=O) groups is 3. The third-order valence-electron chi connectivity index (χ3n) is 11.6. The van der Waals surface area contributed by atoms with Gasteiger partial charge >= 0.3 is 17.9 Å². The minimum Gasteiger partial charge on any atom is -0.462 e. The Kier molecular flexibility index (Phi) is 58.1. The molecule has 0 saturated carbocycles. The molecule has 0 bridgehead atoms. The Morgan fingerprint density at radius 2 is 0.494 bits per heavy atom. The van der Waals surface area contributed by atoms with Crippen molar-refractivity contribution in [1.82, 2.24) is 0 Å².